The summed E-state index contributed by atoms with van der Waals surface area (Å²) in [7, 11) is 0. The van der Waals surface area contributed by atoms with Crippen LogP contribution in [0, 0.1) is 11.6 Å². The van der Waals surface area contributed by atoms with Gasteiger partial charge in [-0.1, -0.05) is 92.7 Å². The zero-order chi connectivity index (χ0) is 37.7. The maximum atomic E-state index is 14.4. The van der Waals surface area contributed by atoms with Crippen molar-refractivity contribution in [1.29, 1.82) is 0 Å². The summed E-state index contributed by atoms with van der Waals surface area (Å²) in [6, 6.07) is 59.1. The number of halogens is 2. The van der Waals surface area contributed by atoms with Crippen molar-refractivity contribution in [3.8, 4) is 22.5 Å². The minimum atomic E-state index is -0.272. The van der Waals surface area contributed by atoms with Gasteiger partial charge in [0.25, 0.3) is 0 Å². The highest BCUT2D eigenvalue weighted by atomic mass is 19.1. The zero-order valence-electron chi connectivity index (χ0n) is 30.8. The van der Waals surface area contributed by atoms with Gasteiger partial charge in [0, 0.05) is 49.7 Å². The summed E-state index contributed by atoms with van der Waals surface area (Å²) in [6.07, 6.45) is 0. The molecule has 10 aromatic rings. The highest BCUT2D eigenvalue weighted by Crippen LogP contribution is 2.52. The summed E-state index contributed by atoms with van der Waals surface area (Å²) < 4.78 is 33.0. The van der Waals surface area contributed by atoms with Crippen LogP contribution in [-0.4, -0.2) is 9.13 Å². The van der Waals surface area contributed by atoms with E-state index in [0.717, 1.165) is 72.0 Å². The second-order valence-corrected chi connectivity index (χ2v) is 15.3. The van der Waals surface area contributed by atoms with Gasteiger partial charge in [0.05, 0.1) is 27.8 Å². The number of fused-ring (bicyclic) bond motifs is 9. The SMILES string of the molecule is CC1(C)c2ccccc2-c2ccc(N(c3ccc4c(c3)c3ccccc3n4-c3ccc(F)cc3)c3cccc4c5ccccc5n(-c5ccc(F)cc5)c34)cc21. The molecule has 1 aliphatic rings. The van der Waals surface area contributed by atoms with E-state index in [1.54, 1.807) is 0 Å². The van der Waals surface area contributed by atoms with Crippen LogP contribution in [0.15, 0.2) is 176 Å². The van der Waals surface area contributed by atoms with E-state index in [4.69, 9.17) is 0 Å². The Kier molecular flexibility index (Phi) is 6.96. The van der Waals surface area contributed by atoms with Crippen LogP contribution >= 0.6 is 0 Å². The van der Waals surface area contributed by atoms with Gasteiger partial charge in [-0.2, -0.15) is 0 Å². The van der Waals surface area contributed by atoms with Gasteiger partial charge in [-0.15, -0.1) is 0 Å². The molecule has 0 atom stereocenters. The number of benzene rings is 8. The summed E-state index contributed by atoms with van der Waals surface area (Å²) in [5, 5.41) is 4.43. The highest BCUT2D eigenvalue weighted by molar-refractivity contribution is 6.15. The molecule has 0 bridgehead atoms. The quantitative estimate of drug-likeness (QED) is 0.172. The number of hydrogen-bond acceptors (Lipinski definition) is 1. The third kappa shape index (κ3) is 4.67. The minimum absolute atomic E-state index is 0.199. The van der Waals surface area contributed by atoms with Gasteiger partial charge in [-0.25, -0.2) is 8.78 Å². The summed E-state index contributed by atoms with van der Waals surface area (Å²) in [5.74, 6) is -0.536. The van der Waals surface area contributed by atoms with E-state index in [2.05, 4.69) is 149 Å². The van der Waals surface area contributed by atoms with Gasteiger partial charge in [0.1, 0.15) is 11.6 Å². The van der Waals surface area contributed by atoms with Gasteiger partial charge in [0.2, 0.25) is 0 Å². The Morgan fingerprint density at radius 1 is 0.429 bits per heavy atom. The lowest BCUT2D eigenvalue weighted by Gasteiger charge is -2.29. The van der Waals surface area contributed by atoms with Crippen LogP contribution in [0.3, 0.4) is 0 Å². The van der Waals surface area contributed by atoms with Gasteiger partial charge in [0.15, 0.2) is 0 Å². The molecule has 0 aliphatic heterocycles. The zero-order valence-corrected chi connectivity index (χ0v) is 30.8. The highest BCUT2D eigenvalue weighted by Gasteiger charge is 2.36. The van der Waals surface area contributed by atoms with Crippen LogP contribution in [0.5, 0.6) is 0 Å². The van der Waals surface area contributed by atoms with E-state index in [1.807, 2.05) is 30.3 Å². The Bertz CT molecular complexity index is 3190. The molecule has 8 aromatic carbocycles. The molecule has 5 heteroatoms. The molecule has 0 fully saturated rings. The van der Waals surface area contributed by atoms with Crippen LogP contribution in [0.4, 0.5) is 25.8 Å². The standard InChI is InChI=1S/C51H35F2N3/c1-51(2)44-14-6-3-10-38(44)39-28-26-37(31-45(39)51)54(36-27-29-48-43(30-36)41-12-5-7-15-46(41)55(48)34-22-18-32(52)19-23-34)49-17-9-13-42-40-11-4-8-16-47(40)56(50(42)49)35-24-20-33(53)21-25-35/h3-31H,1-2H3. The van der Waals surface area contributed by atoms with Crippen LogP contribution in [0.1, 0.15) is 25.0 Å². The van der Waals surface area contributed by atoms with Crippen molar-refractivity contribution >= 4 is 60.7 Å². The van der Waals surface area contributed by atoms with E-state index in [0.29, 0.717) is 0 Å². The van der Waals surface area contributed by atoms with E-state index < -0.39 is 0 Å². The normalized spacial score (nSPS) is 13.1. The smallest absolute Gasteiger partial charge is 0.123 e. The third-order valence-electron chi connectivity index (χ3n) is 11.8. The maximum absolute atomic E-state index is 14.4. The van der Waals surface area contributed by atoms with Crippen molar-refractivity contribution in [2.45, 2.75) is 19.3 Å². The van der Waals surface area contributed by atoms with Crippen molar-refractivity contribution in [2.24, 2.45) is 0 Å². The predicted octanol–water partition coefficient (Wildman–Crippen LogP) is 13.9. The first kappa shape index (κ1) is 32.5. The number of aromatic nitrogens is 2. The lowest BCUT2D eigenvalue weighted by atomic mass is 9.82. The Hall–Kier alpha value is -6.98. The first-order chi connectivity index (χ1) is 27.4. The first-order valence-corrected chi connectivity index (χ1v) is 19.0. The van der Waals surface area contributed by atoms with Crippen molar-refractivity contribution in [2.75, 3.05) is 4.90 Å². The maximum Gasteiger partial charge on any atom is 0.123 e. The van der Waals surface area contributed by atoms with Crippen LogP contribution < -0.4 is 4.90 Å². The van der Waals surface area contributed by atoms with E-state index in [9.17, 15) is 8.78 Å². The Morgan fingerprint density at radius 2 is 0.964 bits per heavy atom. The van der Waals surface area contributed by atoms with Gasteiger partial charge >= 0.3 is 0 Å². The molecule has 0 saturated carbocycles. The van der Waals surface area contributed by atoms with Crippen LogP contribution in [0.25, 0.3) is 66.1 Å². The Morgan fingerprint density at radius 3 is 1.70 bits per heavy atom. The summed E-state index contributed by atoms with van der Waals surface area (Å²) in [5.41, 5.74) is 13.9. The molecule has 0 unspecified atom stereocenters. The molecule has 0 saturated heterocycles. The molecule has 56 heavy (non-hydrogen) atoms. The monoisotopic (exact) mass is 727 g/mol. The lowest BCUT2D eigenvalue weighted by Crippen LogP contribution is -2.17. The fourth-order valence-electron chi connectivity index (χ4n) is 9.27. The largest absolute Gasteiger partial charge is 0.309 e. The van der Waals surface area contributed by atoms with Gasteiger partial charge in [-0.3, -0.25) is 0 Å². The molecular formula is C51H35F2N3. The topological polar surface area (TPSA) is 13.1 Å². The minimum Gasteiger partial charge on any atom is -0.309 e. The molecule has 0 amide bonds. The molecule has 0 radical (unpaired) electrons. The number of nitrogens with zero attached hydrogens (tertiary/aromatic N) is 3. The molecule has 11 rings (SSSR count). The Balaban J connectivity index is 1.22. The second-order valence-electron chi connectivity index (χ2n) is 15.3. The molecule has 3 nitrogen and oxygen atoms in total. The van der Waals surface area contributed by atoms with Gasteiger partial charge < -0.3 is 14.0 Å². The molecule has 2 heterocycles. The third-order valence-corrected chi connectivity index (χ3v) is 11.8. The van der Waals surface area contributed by atoms with E-state index >= 15 is 0 Å². The summed E-state index contributed by atoms with van der Waals surface area (Å²) in [6.45, 7) is 4.63. The molecule has 0 spiro atoms. The van der Waals surface area contributed by atoms with Crippen molar-refractivity contribution in [1.82, 2.24) is 9.13 Å². The van der Waals surface area contributed by atoms with Crippen LogP contribution in [-0.2, 0) is 5.41 Å². The summed E-state index contributed by atoms with van der Waals surface area (Å²) in [4.78, 5) is 2.38. The van der Waals surface area contributed by atoms with Crippen molar-refractivity contribution in [3.05, 3.63) is 199 Å². The lowest BCUT2D eigenvalue weighted by molar-refractivity contribution is 0.627. The van der Waals surface area contributed by atoms with E-state index in [1.165, 1.54) is 46.5 Å². The van der Waals surface area contributed by atoms with Crippen LogP contribution in [0.2, 0.25) is 0 Å². The van der Waals surface area contributed by atoms with Gasteiger partial charge in [-0.05, 0) is 119 Å². The first-order valence-electron chi connectivity index (χ1n) is 19.0. The fourth-order valence-corrected chi connectivity index (χ4v) is 9.27. The fraction of sp³-hybridized carbons (Fsp3) is 0.0588. The molecular weight excluding hydrogens is 693 g/mol. The number of rotatable bonds is 5. The van der Waals surface area contributed by atoms with Crippen molar-refractivity contribution < 1.29 is 8.78 Å². The van der Waals surface area contributed by atoms with Crippen molar-refractivity contribution in [3.63, 3.8) is 0 Å². The average molecular weight is 728 g/mol. The Labute approximate surface area is 322 Å². The number of hydrogen-bond donors (Lipinski definition) is 0. The predicted molar refractivity (Wildman–Crippen MR) is 227 cm³/mol. The average Bonchev–Trinajstić information content (AvgIpc) is 3.82. The van der Waals surface area contributed by atoms with E-state index in [-0.39, 0.29) is 17.0 Å². The number of para-hydroxylation sites is 3. The molecule has 268 valence electrons. The second kappa shape index (κ2) is 12.0. The molecule has 2 aromatic heterocycles. The molecule has 1 aliphatic carbocycles. The number of anilines is 3. The summed E-state index contributed by atoms with van der Waals surface area (Å²) >= 11 is 0. The molecule has 0 N–H and O–H groups in total.